The Labute approximate surface area is 225 Å². The number of aromatic nitrogens is 3. The number of nitrogens with zero attached hydrogens (tertiary/aromatic N) is 3. The average molecular weight is 653 g/mol. The molecule has 1 radical (unpaired) electrons. The Balaban J connectivity index is 0.00000231. The largest absolute Gasteiger partial charge is 0.518 e. The fourth-order valence-electron chi connectivity index (χ4n) is 5.33. The first-order valence-corrected chi connectivity index (χ1v) is 11.9. The van der Waals surface area contributed by atoms with Gasteiger partial charge in [-0.05, 0) is 34.4 Å². The Morgan fingerprint density at radius 1 is 0.595 bits per heavy atom. The Bertz CT molecular complexity index is 2040. The minimum absolute atomic E-state index is 0. The van der Waals surface area contributed by atoms with Crippen LogP contribution in [-0.4, -0.2) is 14.8 Å². The van der Waals surface area contributed by atoms with Crippen molar-refractivity contribution < 1.29 is 24.5 Å². The van der Waals surface area contributed by atoms with Crippen LogP contribution >= 0.6 is 0 Å². The molecule has 37 heavy (non-hydrogen) atoms. The summed E-state index contributed by atoms with van der Waals surface area (Å²) in [4.78, 5) is 0. The Hall–Kier alpha value is -4.31. The minimum Gasteiger partial charge on any atom is -0.518 e. The molecule has 0 aliphatic heterocycles. The molecule has 5 aromatic carbocycles. The molecule has 8 rings (SSSR count). The molecule has 0 saturated carbocycles. The second kappa shape index (κ2) is 8.38. The maximum Gasteiger partial charge on any atom is 0.166 e. The van der Waals surface area contributed by atoms with E-state index in [9.17, 15) is 0 Å². The SMILES string of the molecule is [Ir].[c-]1c(-c2nnc(-n3c4ccccc4c4ccccc43)c3cc4ccccc4cc23)oc2ccccc12. The van der Waals surface area contributed by atoms with E-state index in [2.05, 4.69) is 95.6 Å². The summed E-state index contributed by atoms with van der Waals surface area (Å²) in [7, 11) is 0. The molecule has 0 amide bonds. The van der Waals surface area contributed by atoms with Crippen molar-refractivity contribution in [1.82, 2.24) is 14.8 Å². The van der Waals surface area contributed by atoms with E-state index in [0.717, 1.165) is 49.4 Å². The van der Waals surface area contributed by atoms with Gasteiger partial charge in [-0.25, -0.2) is 0 Å². The van der Waals surface area contributed by atoms with Crippen LogP contribution in [0.1, 0.15) is 0 Å². The molecule has 0 fully saturated rings. The van der Waals surface area contributed by atoms with E-state index < -0.39 is 0 Å². The van der Waals surface area contributed by atoms with Crippen LogP contribution in [0.15, 0.2) is 114 Å². The quantitative estimate of drug-likeness (QED) is 0.140. The zero-order valence-corrected chi connectivity index (χ0v) is 21.9. The van der Waals surface area contributed by atoms with Gasteiger partial charge in [0.1, 0.15) is 0 Å². The van der Waals surface area contributed by atoms with Crippen molar-refractivity contribution in [3.05, 3.63) is 115 Å². The standard InChI is InChI=1S/C32H18N3O.Ir/c1-2-10-21-18-26-25(17-20(21)9-1)31(30-19-22-11-3-8-16-29(22)36-30)33-34-32(26)35-27-14-6-4-12-23(27)24-13-5-7-15-28(24)35;/h1-18H;/q-1;. The van der Waals surface area contributed by atoms with E-state index in [1.807, 2.05) is 24.3 Å². The Morgan fingerprint density at radius 3 is 1.89 bits per heavy atom. The molecule has 3 aromatic heterocycles. The molecule has 0 aliphatic rings. The number of para-hydroxylation sites is 3. The molecule has 8 aromatic rings. The molecular weight excluding hydrogens is 635 g/mol. The van der Waals surface area contributed by atoms with Gasteiger partial charge >= 0.3 is 0 Å². The summed E-state index contributed by atoms with van der Waals surface area (Å²) < 4.78 is 8.40. The average Bonchev–Trinajstić information content (AvgIpc) is 3.51. The summed E-state index contributed by atoms with van der Waals surface area (Å²) in [6, 6.07) is 41.0. The first-order valence-electron chi connectivity index (χ1n) is 11.9. The molecule has 5 heteroatoms. The van der Waals surface area contributed by atoms with E-state index in [0.29, 0.717) is 11.5 Å². The van der Waals surface area contributed by atoms with Crippen molar-refractivity contribution in [3.63, 3.8) is 0 Å². The second-order valence-corrected chi connectivity index (χ2v) is 9.04. The van der Waals surface area contributed by atoms with E-state index >= 15 is 0 Å². The van der Waals surface area contributed by atoms with Crippen LogP contribution in [0.2, 0.25) is 0 Å². The van der Waals surface area contributed by atoms with Crippen molar-refractivity contribution in [1.29, 1.82) is 0 Å². The molecule has 0 unspecified atom stereocenters. The van der Waals surface area contributed by atoms with Crippen LogP contribution < -0.4 is 0 Å². The zero-order chi connectivity index (χ0) is 23.6. The van der Waals surface area contributed by atoms with Crippen molar-refractivity contribution in [2.24, 2.45) is 0 Å². The normalized spacial score (nSPS) is 11.6. The van der Waals surface area contributed by atoms with Gasteiger partial charge in [0.15, 0.2) is 5.82 Å². The van der Waals surface area contributed by atoms with Gasteiger partial charge in [0, 0.05) is 41.8 Å². The Morgan fingerprint density at radius 2 is 1.19 bits per heavy atom. The smallest absolute Gasteiger partial charge is 0.166 e. The summed E-state index contributed by atoms with van der Waals surface area (Å²) in [6.07, 6.45) is 0. The van der Waals surface area contributed by atoms with Crippen LogP contribution in [0.5, 0.6) is 0 Å². The molecule has 0 bridgehead atoms. The summed E-state index contributed by atoms with van der Waals surface area (Å²) in [5, 5.41) is 17.2. The fraction of sp³-hybridized carbons (Fsp3) is 0. The molecule has 0 atom stereocenters. The van der Waals surface area contributed by atoms with Crippen LogP contribution in [0.3, 0.4) is 0 Å². The van der Waals surface area contributed by atoms with Gasteiger partial charge in [0.05, 0.1) is 22.5 Å². The van der Waals surface area contributed by atoms with Gasteiger partial charge in [0.25, 0.3) is 0 Å². The predicted molar refractivity (Wildman–Crippen MR) is 145 cm³/mol. The second-order valence-electron chi connectivity index (χ2n) is 9.04. The number of benzene rings is 5. The number of furan rings is 1. The number of hydrogen-bond acceptors (Lipinski definition) is 3. The molecule has 3 heterocycles. The zero-order valence-electron chi connectivity index (χ0n) is 19.5. The minimum atomic E-state index is 0. The van der Waals surface area contributed by atoms with Gasteiger partial charge in [-0.1, -0.05) is 84.9 Å². The topological polar surface area (TPSA) is 43.9 Å². The van der Waals surface area contributed by atoms with Crippen LogP contribution in [-0.2, 0) is 20.1 Å². The number of hydrogen-bond donors (Lipinski definition) is 0. The van der Waals surface area contributed by atoms with Crippen molar-refractivity contribution in [2.45, 2.75) is 0 Å². The number of rotatable bonds is 2. The summed E-state index contributed by atoms with van der Waals surface area (Å²) >= 11 is 0. The van der Waals surface area contributed by atoms with Crippen LogP contribution in [0.25, 0.3) is 71.6 Å². The monoisotopic (exact) mass is 653 g/mol. The molecule has 0 N–H and O–H groups in total. The third-order valence-corrected chi connectivity index (χ3v) is 6.98. The first-order chi connectivity index (χ1) is 17.8. The van der Waals surface area contributed by atoms with E-state index in [1.165, 1.54) is 10.8 Å². The predicted octanol–water partition coefficient (Wildman–Crippen LogP) is 8.09. The van der Waals surface area contributed by atoms with Gasteiger partial charge in [0.2, 0.25) is 0 Å². The summed E-state index contributed by atoms with van der Waals surface area (Å²) in [5.74, 6) is 1.39. The van der Waals surface area contributed by atoms with Crippen LogP contribution in [0, 0.1) is 6.07 Å². The van der Waals surface area contributed by atoms with Crippen molar-refractivity contribution in [2.75, 3.05) is 0 Å². The van der Waals surface area contributed by atoms with Gasteiger partial charge in [-0.2, -0.15) is 5.10 Å². The number of fused-ring (bicyclic) bond motifs is 6. The first kappa shape index (κ1) is 21.9. The maximum atomic E-state index is 6.18. The third-order valence-electron chi connectivity index (χ3n) is 6.98. The molecule has 4 nitrogen and oxygen atoms in total. The van der Waals surface area contributed by atoms with E-state index in [1.54, 1.807) is 0 Å². The fourth-order valence-corrected chi connectivity index (χ4v) is 5.33. The van der Waals surface area contributed by atoms with Crippen molar-refractivity contribution in [3.8, 4) is 17.3 Å². The van der Waals surface area contributed by atoms with Gasteiger partial charge < -0.3 is 4.42 Å². The van der Waals surface area contributed by atoms with Crippen molar-refractivity contribution >= 4 is 54.3 Å². The molecule has 0 aliphatic carbocycles. The third kappa shape index (κ3) is 3.25. The van der Waals surface area contributed by atoms with Gasteiger partial charge in [-0.3, -0.25) is 4.57 Å². The van der Waals surface area contributed by atoms with Crippen LogP contribution in [0.4, 0.5) is 0 Å². The van der Waals surface area contributed by atoms with Gasteiger partial charge in [-0.15, -0.1) is 22.6 Å². The molecule has 0 saturated heterocycles. The summed E-state index contributed by atoms with van der Waals surface area (Å²) in [5.41, 5.74) is 3.68. The Kier molecular flexibility index (Phi) is 4.97. The molecular formula is C32H18IrN3O-. The molecule has 177 valence electrons. The maximum absolute atomic E-state index is 6.18. The molecule has 0 spiro atoms. The summed E-state index contributed by atoms with van der Waals surface area (Å²) in [6.45, 7) is 0. The van der Waals surface area contributed by atoms with E-state index in [4.69, 9.17) is 14.6 Å². The van der Waals surface area contributed by atoms with E-state index in [-0.39, 0.29) is 20.1 Å².